The largest absolute Gasteiger partial charge is 0.212 e. The lowest BCUT2D eigenvalue weighted by Gasteiger charge is -1.88. The molecular formula is C9H12F2. The van der Waals surface area contributed by atoms with E-state index < -0.39 is 0 Å². The smallest absolute Gasteiger partial charge is 0.0971 e. The van der Waals surface area contributed by atoms with Crippen LogP contribution in [0.25, 0.3) is 0 Å². The highest BCUT2D eigenvalue weighted by atomic mass is 19.1. The van der Waals surface area contributed by atoms with Gasteiger partial charge in [0.05, 0.1) is 11.7 Å². The van der Waals surface area contributed by atoms with Crippen molar-refractivity contribution in [2.24, 2.45) is 0 Å². The van der Waals surface area contributed by atoms with Crippen LogP contribution in [-0.4, -0.2) is 0 Å². The summed E-state index contributed by atoms with van der Waals surface area (Å²) in [5.74, 6) is -0.557. The Hall–Kier alpha value is -0.920. The summed E-state index contributed by atoms with van der Waals surface area (Å²) in [6.07, 6.45) is 4.17. The molecule has 11 heavy (non-hydrogen) atoms. The van der Waals surface area contributed by atoms with Gasteiger partial charge in [0.25, 0.3) is 0 Å². The molecule has 0 aliphatic rings. The van der Waals surface area contributed by atoms with E-state index in [2.05, 4.69) is 0 Å². The minimum absolute atomic E-state index is 0.274. The molecule has 2 heteroatoms. The SMILES string of the molecule is CC(=C/C=C(\C)F)/C=C(\C)F. The second kappa shape index (κ2) is 4.83. The number of rotatable bonds is 2. The van der Waals surface area contributed by atoms with E-state index in [1.807, 2.05) is 0 Å². The molecule has 0 fully saturated rings. The van der Waals surface area contributed by atoms with Crippen molar-refractivity contribution in [2.45, 2.75) is 20.8 Å². The Labute approximate surface area is 65.9 Å². The van der Waals surface area contributed by atoms with Gasteiger partial charge in [-0.1, -0.05) is 6.08 Å². The highest BCUT2D eigenvalue weighted by Crippen LogP contribution is 2.03. The van der Waals surface area contributed by atoms with Crippen molar-refractivity contribution in [3.05, 3.63) is 35.5 Å². The number of halogens is 2. The molecule has 0 nitrogen and oxygen atoms in total. The molecule has 0 N–H and O–H groups in total. The molecular weight excluding hydrogens is 146 g/mol. The average molecular weight is 158 g/mol. The number of allylic oxidation sites excluding steroid dienone is 6. The second-order valence-electron chi connectivity index (χ2n) is 2.40. The lowest BCUT2D eigenvalue weighted by molar-refractivity contribution is 0.638. The summed E-state index contributed by atoms with van der Waals surface area (Å²) in [6.45, 7) is 4.40. The Morgan fingerprint density at radius 3 is 1.82 bits per heavy atom. The van der Waals surface area contributed by atoms with Crippen LogP contribution in [0.2, 0.25) is 0 Å². The van der Waals surface area contributed by atoms with Gasteiger partial charge in [-0.2, -0.15) is 0 Å². The number of hydrogen-bond donors (Lipinski definition) is 0. The van der Waals surface area contributed by atoms with E-state index >= 15 is 0 Å². The summed E-state index contributed by atoms with van der Waals surface area (Å²) in [4.78, 5) is 0. The van der Waals surface area contributed by atoms with E-state index in [-0.39, 0.29) is 11.7 Å². The Morgan fingerprint density at radius 2 is 1.45 bits per heavy atom. The molecule has 0 atom stereocenters. The third-order valence-electron chi connectivity index (χ3n) is 1.00. The average Bonchev–Trinajstić information content (AvgIpc) is 1.82. The van der Waals surface area contributed by atoms with Gasteiger partial charge in [-0.25, -0.2) is 8.78 Å². The molecule has 0 amide bonds. The summed E-state index contributed by atoms with van der Waals surface area (Å²) in [7, 11) is 0. The van der Waals surface area contributed by atoms with Crippen LogP contribution in [0.1, 0.15) is 20.8 Å². The van der Waals surface area contributed by atoms with Gasteiger partial charge in [-0.3, -0.25) is 0 Å². The van der Waals surface area contributed by atoms with Gasteiger partial charge in [-0.15, -0.1) is 0 Å². The Morgan fingerprint density at radius 1 is 0.909 bits per heavy atom. The van der Waals surface area contributed by atoms with Crippen molar-refractivity contribution in [3.8, 4) is 0 Å². The van der Waals surface area contributed by atoms with Gasteiger partial charge >= 0.3 is 0 Å². The fraction of sp³-hybridized carbons (Fsp3) is 0.333. The standard InChI is InChI=1S/C9H12F2/c1-7(6-9(3)11)4-5-8(2)10/h4-6H,1-3H3/b7-4-,8-5+,9-6+. The van der Waals surface area contributed by atoms with Gasteiger partial charge in [0.1, 0.15) is 0 Å². The molecule has 0 radical (unpaired) electrons. The van der Waals surface area contributed by atoms with Crippen LogP contribution in [0.3, 0.4) is 0 Å². The van der Waals surface area contributed by atoms with E-state index in [1.165, 1.54) is 32.1 Å². The van der Waals surface area contributed by atoms with E-state index in [0.29, 0.717) is 5.57 Å². The molecule has 0 spiro atoms. The minimum Gasteiger partial charge on any atom is -0.212 e. The van der Waals surface area contributed by atoms with Gasteiger partial charge in [-0.05, 0) is 38.5 Å². The fourth-order valence-electron chi connectivity index (χ4n) is 0.608. The quantitative estimate of drug-likeness (QED) is 0.538. The fourth-order valence-corrected chi connectivity index (χ4v) is 0.608. The Bertz CT molecular complexity index is 202. The van der Waals surface area contributed by atoms with Crippen LogP contribution in [0.4, 0.5) is 8.78 Å². The first-order valence-corrected chi connectivity index (χ1v) is 3.37. The van der Waals surface area contributed by atoms with Gasteiger partial charge < -0.3 is 0 Å². The van der Waals surface area contributed by atoms with Crippen molar-refractivity contribution in [3.63, 3.8) is 0 Å². The van der Waals surface area contributed by atoms with Gasteiger partial charge in [0.15, 0.2) is 0 Å². The molecule has 0 saturated carbocycles. The highest BCUT2D eigenvalue weighted by Gasteiger charge is 1.84. The third kappa shape index (κ3) is 6.97. The number of hydrogen-bond acceptors (Lipinski definition) is 0. The lowest BCUT2D eigenvalue weighted by Crippen LogP contribution is -1.69. The van der Waals surface area contributed by atoms with Crippen LogP contribution in [0.5, 0.6) is 0 Å². The molecule has 0 rings (SSSR count). The predicted octanol–water partition coefficient (Wildman–Crippen LogP) is 3.68. The molecule has 0 aromatic carbocycles. The molecule has 0 bridgehead atoms. The summed E-state index contributed by atoms with van der Waals surface area (Å²) >= 11 is 0. The molecule has 0 unspecified atom stereocenters. The van der Waals surface area contributed by atoms with Crippen LogP contribution in [-0.2, 0) is 0 Å². The van der Waals surface area contributed by atoms with E-state index in [4.69, 9.17) is 0 Å². The van der Waals surface area contributed by atoms with Gasteiger partial charge in [0.2, 0.25) is 0 Å². The van der Waals surface area contributed by atoms with Crippen LogP contribution in [0, 0.1) is 0 Å². The zero-order chi connectivity index (χ0) is 8.85. The molecule has 0 saturated heterocycles. The van der Waals surface area contributed by atoms with Crippen LogP contribution >= 0.6 is 0 Å². The molecule has 0 heterocycles. The first-order valence-electron chi connectivity index (χ1n) is 3.37. The maximum atomic E-state index is 12.2. The second-order valence-corrected chi connectivity index (χ2v) is 2.40. The summed E-state index contributed by atoms with van der Waals surface area (Å²) < 4.78 is 24.3. The van der Waals surface area contributed by atoms with E-state index in [9.17, 15) is 8.78 Å². The summed E-state index contributed by atoms with van der Waals surface area (Å²) in [5.41, 5.74) is 0.696. The summed E-state index contributed by atoms with van der Waals surface area (Å²) in [5, 5.41) is 0. The molecule has 0 aliphatic carbocycles. The monoisotopic (exact) mass is 158 g/mol. The third-order valence-corrected chi connectivity index (χ3v) is 1.00. The molecule has 62 valence electrons. The lowest BCUT2D eigenvalue weighted by atomic mass is 10.2. The van der Waals surface area contributed by atoms with Crippen molar-refractivity contribution in [2.75, 3.05) is 0 Å². The molecule has 0 aliphatic heterocycles. The first-order chi connectivity index (χ1) is 5.02. The zero-order valence-electron chi connectivity index (χ0n) is 6.99. The molecule has 0 aromatic rings. The Kier molecular flexibility index (Phi) is 4.42. The molecule has 0 aromatic heterocycles. The van der Waals surface area contributed by atoms with Crippen LogP contribution in [0.15, 0.2) is 35.5 Å². The minimum atomic E-state index is -0.283. The maximum absolute atomic E-state index is 12.2. The normalized spacial score (nSPS) is 15.5. The van der Waals surface area contributed by atoms with Crippen molar-refractivity contribution >= 4 is 0 Å². The highest BCUT2D eigenvalue weighted by molar-refractivity contribution is 5.23. The van der Waals surface area contributed by atoms with Crippen molar-refractivity contribution < 1.29 is 8.78 Å². The Balaban J connectivity index is 4.25. The maximum Gasteiger partial charge on any atom is 0.0971 e. The van der Waals surface area contributed by atoms with Gasteiger partial charge in [0, 0.05) is 0 Å². The van der Waals surface area contributed by atoms with Crippen LogP contribution < -0.4 is 0 Å². The zero-order valence-corrected chi connectivity index (χ0v) is 6.99. The summed E-state index contributed by atoms with van der Waals surface area (Å²) in [6, 6.07) is 0. The van der Waals surface area contributed by atoms with E-state index in [0.717, 1.165) is 0 Å². The van der Waals surface area contributed by atoms with Crippen molar-refractivity contribution in [1.82, 2.24) is 0 Å². The topological polar surface area (TPSA) is 0 Å². The first kappa shape index (κ1) is 10.1. The van der Waals surface area contributed by atoms with E-state index in [1.54, 1.807) is 6.92 Å². The predicted molar refractivity (Wildman–Crippen MR) is 43.5 cm³/mol. The van der Waals surface area contributed by atoms with Crippen molar-refractivity contribution in [1.29, 1.82) is 0 Å².